The number of hydrogen-bond donors (Lipinski definition) is 0. The fraction of sp³-hybridized carbons (Fsp3) is 0.154. The van der Waals surface area contributed by atoms with Crippen molar-refractivity contribution >= 4 is 0 Å². The summed E-state index contributed by atoms with van der Waals surface area (Å²) in [4.78, 5) is 15.4. The third-order valence-electron chi connectivity index (χ3n) is 2.82. The summed E-state index contributed by atoms with van der Waals surface area (Å²) in [5.41, 5.74) is 0.582. The monoisotopic (exact) mass is 275 g/mol. The number of aromatic nitrogens is 3. The van der Waals surface area contributed by atoms with Crippen LogP contribution < -0.4 is 5.76 Å². The average molecular weight is 275 g/mol. The molecule has 0 bridgehead atoms. The molecule has 2 aromatic heterocycles. The summed E-state index contributed by atoms with van der Waals surface area (Å²) in [6.07, 6.45) is 1.48. The van der Waals surface area contributed by atoms with E-state index >= 15 is 0 Å². The predicted molar refractivity (Wildman–Crippen MR) is 66.5 cm³/mol. The van der Waals surface area contributed by atoms with Crippen LogP contribution in [0.3, 0.4) is 0 Å². The largest absolute Gasteiger partial charge is 0.442 e. The van der Waals surface area contributed by atoms with Crippen LogP contribution in [0.5, 0.6) is 0 Å². The molecule has 0 atom stereocenters. The zero-order valence-corrected chi connectivity index (χ0v) is 10.5. The van der Waals surface area contributed by atoms with Gasteiger partial charge in [0.05, 0.1) is 6.20 Å². The lowest BCUT2D eigenvalue weighted by atomic mass is 10.2. The molecule has 0 aliphatic carbocycles. The number of aryl methyl sites for hydroxylation is 1. The topological polar surface area (TPSA) is 74.1 Å². The van der Waals surface area contributed by atoms with Crippen molar-refractivity contribution in [3.8, 4) is 11.3 Å². The smallest absolute Gasteiger partial charge is 0.439 e. The first kappa shape index (κ1) is 12.3. The van der Waals surface area contributed by atoms with E-state index in [-0.39, 0.29) is 12.4 Å². The number of benzene rings is 1. The summed E-state index contributed by atoms with van der Waals surface area (Å²) in [6, 6.07) is 5.99. The molecule has 0 aliphatic rings. The van der Waals surface area contributed by atoms with Gasteiger partial charge < -0.3 is 4.42 Å². The van der Waals surface area contributed by atoms with Gasteiger partial charge in [-0.2, -0.15) is 0 Å². The molecule has 0 aliphatic heterocycles. The Morgan fingerprint density at radius 3 is 2.95 bits per heavy atom. The average Bonchev–Trinajstić information content (AvgIpc) is 3.01. The molecule has 20 heavy (non-hydrogen) atoms. The van der Waals surface area contributed by atoms with E-state index in [1.807, 2.05) is 0 Å². The Morgan fingerprint density at radius 2 is 2.25 bits per heavy atom. The Hall–Kier alpha value is -2.70. The maximum Gasteiger partial charge on any atom is 0.442 e. The molecular weight excluding hydrogens is 265 g/mol. The molecule has 0 amide bonds. The van der Waals surface area contributed by atoms with E-state index in [1.165, 1.54) is 22.9 Å². The molecule has 1 aromatic carbocycles. The Kier molecular flexibility index (Phi) is 2.94. The number of halogens is 1. The van der Waals surface area contributed by atoms with Gasteiger partial charge in [0.25, 0.3) is 0 Å². The van der Waals surface area contributed by atoms with Gasteiger partial charge in [0.15, 0.2) is 11.6 Å². The van der Waals surface area contributed by atoms with Crippen LogP contribution in [-0.2, 0) is 6.54 Å². The number of hydrogen-bond acceptors (Lipinski definition) is 5. The summed E-state index contributed by atoms with van der Waals surface area (Å²) < 4.78 is 24.4. The zero-order valence-electron chi connectivity index (χ0n) is 10.5. The maximum absolute atomic E-state index is 13.1. The summed E-state index contributed by atoms with van der Waals surface area (Å²) in [6.45, 7) is 1.75. The Labute approximate surface area is 112 Å². The normalized spacial score (nSPS) is 10.9. The molecule has 0 spiro atoms. The molecule has 2 heterocycles. The highest BCUT2D eigenvalue weighted by molar-refractivity contribution is 5.56. The van der Waals surface area contributed by atoms with Crippen LogP contribution in [0.15, 0.2) is 44.2 Å². The van der Waals surface area contributed by atoms with E-state index in [1.54, 1.807) is 19.1 Å². The fourth-order valence-corrected chi connectivity index (χ4v) is 1.81. The number of rotatable bonds is 3. The first-order valence-electron chi connectivity index (χ1n) is 5.87. The summed E-state index contributed by atoms with van der Waals surface area (Å²) in [5, 5.41) is 3.55. The van der Waals surface area contributed by atoms with E-state index in [2.05, 4.69) is 14.7 Å². The van der Waals surface area contributed by atoms with Gasteiger partial charge >= 0.3 is 5.76 Å². The van der Waals surface area contributed by atoms with Crippen molar-refractivity contribution in [1.82, 2.24) is 14.7 Å². The molecule has 0 saturated carbocycles. The molecule has 0 radical (unpaired) electrons. The summed E-state index contributed by atoms with van der Waals surface area (Å²) in [7, 11) is 0. The highest BCUT2D eigenvalue weighted by Crippen LogP contribution is 2.21. The van der Waals surface area contributed by atoms with E-state index in [4.69, 9.17) is 4.42 Å². The number of nitrogens with zero attached hydrogens (tertiary/aromatic N) is 3. The quantitative estimate of drug-likeness (QED) is 0.730. The minimum atomic E-state index is -0.576. The lowest BCUT2D eigenvalue weighted by Crippen LogP contribution is -2.16. The van der Waals surface area contributed by atoms with Gasteiger partial charge in [0.2, 0.25) is 5.89 Å². The molecule has 0 N–H and O–H groups in total. The summed E-state index contributed by atoms with van der Waals surface area (Å²) >= 11 is 0. The third kappa shape index (κ3) is 2.25. The maximum atomic E-state index is 13.1. The van der Waals surface area contributed by atoms with Crippen LogP contribution in [-0.4, -0.2) is 14.7 Å². The van der Waals surface area contributed by atoms with Crippen molar-refractivity contribution in [3.05, 3.63) is 58.5 Å². The fourth-order valence-electron chi connectivity index (χ4n) is 1.81. The minimum Gasteiger partial charge on any atom is -0.439 e. The second-order valence-corrected chi connectivity index (χ2v) is 4.21. The van der Waals surface area contributed by atoms with Gasteiger partial charge in [-0.3, -0.25) is 9.09 Å². The highest BCUT2D eigenvalue weighted by atomic mass is 19.1. The Balaban J connectivity index is 1.89. The van der Waals surface area contributed by atoms with Crippen LogP contribution in [0.4, 0.5) is 4.39 Å². The standard InChI is InChI=1S/C13H10FN3O3/c1-8-16-20-13(18)17(8)7-12-15-6-11(19-12)9-3-2-4-10(14)5-9/h2-6H,7H2,1H3. The van der Waals surface area contributed by atoms with Gasteiger partial charge in [-0.1, -0.05) is 17.3 Å². The van der Waals surface area contributed by atoms with Crippen molar-refractivity contribution in [1.29, 1.82) is 0 Å². The Morgan fingerprint density at radius 1 is 1.40 bits per heavy atom. The Bertz CT molecular complexity index is 803. The van der Waals surface area contributed by atoms with Crippen LogP contribution in [0.1, 0.15) is 11.7 Å². The molecule has 7 heteroatoms. The van der Waals surface area contributed by atoms with Gasteiger partial charge in [-0.15, -0.1) is 0 Å². The molecule has 0 saturated heterocycles. The third-order valence-corrected chi connectivity index (χ3v) is 2.82. The SMILES string of the molecule is Cc1noc(=O)n1Cc1ncc(-c2cccc(F)c2)o1. The van der Waals surface area contributed by atoms with Crippen LogP contribution in [0.25, 0.3) is 11.3 Å². The zero-order chi connectivity index (χ0) is 14.1. The molecule has 102 valence electrons. The van der Waals surface area contributed by atoms with Gasteiger partial charge in [-0.05, 0) is 19.1 Å². The lowest BCUT2D eigenvalue weighted by Gasteiger charge is -1.98. The van der Waals surface area contributed by atoms with Crippen LogP contribution in [0.2, 0.25) is 0 Å². The minimum absolute atomic E-state index is 0.115. The van der Waals surface area contributed by atoms with Crippen molar-refractivity contribution in [2.45, 2.75) is 13.5 Å². The molecule has 0 fully saturated rings. The molecule has 0 unspecified atom stereocenters. The van der Waals surface area contributed by atoms with E-state index in [0.29, 0.717) is 23.0 Å². The van der Waals surface area contributed by atoms with E-state index in [0.717, 1.165) is 0 Å². The van der Waals surface area contributed by atoms with Crippen molar-refractivity contribution in [2.75, 3.05) is 0 Å². The van der Waals surface area contributed by atoms with Crippen molar-refractivity contribution in [2.24, 2.45) is 0 Å². The summed E-state index contributed by atoms with van der Waals surface area (Å²) in [5.74, 6) is 0.249. The second kappa shape index (κ2) is 4.76. The van der Waals surface area contributed by atoms with Gasteiger partial charge in [0.1, 0.15) is 12.4 Å². The second-order valence-electron chi connectivity index (χ2n) is 4.21. The van der Waals surface area contributed by atoms with Gasteiger partial charge in [-0.25, -0.2) is 14.2 Å². The first-order valence-corrected chi connectivity index (χ1v) is 5.87. The molecule has 6 nitrogen and oxygen atoms in total. The molecule has 3 rings (SSSR count). The van der Waals surface area contributed by atoms with E-state index in [9.17, 15) is 9.18 Å². The molecule has 3 aromatic rings. The van der Waals surface area contributed by atoms with Crippen LogP contribution in [0, 0.1) is 12.7 Å². The molecular formula is C13H10FN3O3. The van der Waals surface area contributed by atoms with Crippen molar-refractivity contribution in [3.63, 3.8) is 0 Å². The predicted octanol–water partition coefficient (Wildman–Crippen LogP) is 1.99. The lowest BCUT2D eigenvalue weighted by molar-refractivity contribution is 0.372. The van der Waals surface area contributed by atoms with Gasteiger partial charge in [0, 0.05) is 5.56 Å². The van der Waals surface area contributed by atoms with Crippen molar-refractivity contribution < 1.29 is 13.3 Å². The van der Waals surface area contributed by atoms with Crippen LogP contribution >= 0.6 is 0 Å². The number of oxazole rings is 1. The first-order chi connectivity index (χ1) is 9.63. The van der Waals surface area contributed by atoms with E-state index < -0.39 is 5.76 Å². The highest BCUT2D eigenvalue weighted by Gasteiger charge is 2.12.